The molecule has 0 spiro atoms. The topological polar surface area (TPSA) is 41.6 Å². The first kappa shape index (κ1) is 12.8. The summed E-state index contributed by atoms with van der Waals surface area (Å²) in [6.45, 7) is 2.14. The van der Waals surface area contributed by atoms with Gasteiger partial charge in [-0.25, -0.2) is 4.39 Å². The van der Waals surface area contributed by atoms with Crippen molar-refractivity contribution in [2.24, 2.45) is 0 Å². The molecule has 1 heterocycles. The Hall–Kier alpha value is -1.62. The van der Waals surface area contributed by atoms with Crippen molar-refractivity contribution < 1.29 is 13.9 Å². The zero-order valence-corrected chi connectivity index (χ0v) is 10.4. The lowest BCUT2D eigenvalue weighted by molar-refractivity contribution is -0.130. The molecule has 4 nitrogen and oxygen atoms in total. The van der Waals surface area contributed by atoms with E-state index in [2.05, 4.69) is 5.32 Å². The van der Waals surface area contributed by atoms with Gasteiger partial charge in [0.1, 0.15) is 11.6 Å². The van der Waals surface area contributed by atoms with Crippen LogP contribution < -0.4 is 10.1 Å². The molecule has 18 heavy (non-hydrogen) atoms. The molecule has 1 N–H and O–H groups in total. The summed E-state index contributed by atoms with van der Waals surface area (Å²) in [5.74, 6) is 0.169. The third kappa shape index (κ3) is 2.98. The van der Waals surface area contributed by atoms with E-state index in [4.69, 9.17) is 4.74 Å². The Morgan fingerprint density at radius 3 is 3.06 bits per heavy atom. The predicted octanol–water partition coefficient (Wildman–Crippen LogP) is 1.16. The van der Waals surface area contributed by atoms with Gasteiger partial charge in [-0.2, -0.15) is 0 Å². The van der Waals surface area contributed by atoms with Crippen molar-refractivity contribution in [3.8, 4) is 5.75 Å². The van der Waals surface area contributed by atoms with Crippen LogP contribution >= 0.6 is 0 Å². The average Bonchev–Trinajstić information content (AvgIpc) is 2.57. The van der Waals surface area contributed by atoms with E-state index in [1.807, 2.05) is 0 Å². The van der Waals surface area contributed by atoms with Crippen molar-refractivity contribution in [1.82, 2.24) is 10.2 Å². The summed E-state index contributed by atoms with van der Waals surface area (Å²) in [7, 11) is 1.50. The Morgan fingerprint density at radius 2 is 2.33 bits per heavy atom. The second-order valence-corrected chi connectivity index (χ2v) is 4.30. The Bertz CT molecular complexity index is 437. The quantitative estimate of drug-likeness (QED) is 0.877. The van der Waals surface area contributed by atoms with Gasteiger partial charge in [0.15, 0.2) is 0 Å². The highest BCUT2D eigenvalue weighted by Crippen LogP contribution is 2.18. The molecule has 1 amide bonds. The SMILES string of the molecule is COc1ccc(CN2CCCNCC2=O)c(F)c1. The van der Waals surface area contributed by atoms with E-state index in [1.165, 1.54) is 13.2 Å². The van der Waals surface area contributed by atoms with Crippen LogP contribution in [-0.2, 0) is 11.3 Å². The van der Waals surface area contributed by atoms with Crippen LogP contribution in [0.25, 0.3) is 0 Å². The van der Waals surface area contributed by atoms with Gasteiger partial charge in [-0.3, -0.25) is 4.79 Å². The first-order chi connectivity index (χ1) is 8.70. The van der Waals surface area contributed by atoms with Crippen LogP contribution in [0, 0.1) is 5.82 Å². The number of ether oxygens (including phenoxy) is 1. The van der Waals surface area contributed by atoms with Crippen LogP contribution in [0.5, 0.6) is 5.75 Å². The molecule has 0 bridgehead atoms. The van der Waals surface area contributed by atoms with E-state index in [9.17, 15) is 9.18 Å². The normalized spacial score (nSPS) is 16.6. The predicted molar refractivity (Wildman–Crippen MR) is 65.9 cm³/mol. The zero-order valence-electron chi connectivity index (χ0n) is 10.4. The molecule has 5 heteroatoms. The van der Waals surface area contributed by atoms with Crippen LogP contribution in [0.1, 0.15) is 12.0 Å². The molecule has 2 rings (SSSR count). The van der Waals surface area contributed by atoms with Gasteiger partial charge >= 0.3 is 0 Å². The molecule has 98 valence electrons. The fourth-order valence-corrected chi connectivity index (χ4v) is 1.98. The number of benzene rings is 1. The number of halogens is 1. The lowest BCUT2D eigenvalue weighted by Gasteiger charge is -2.20. The van der Waals surface area contributed by atoms with Gasteiger partial charge in [-0.05, 0) is 19.0 Å². The van der Waals surface area contributed by atoms with Crippen molar-refractivity contribution >= 4 is 5.91 Å². The van der Waals surface area contributed by atoms with Crippen LogP contribution in [-0.4, -0.2) is 37.6 Å². The smallest absolute Gasteiger partial charge is 0.236 e. The number of methoxy groups -OCH3 is 1. The standard InChI is InChI=1S/C13H17FN2O2/c1-18-11-4-3-10(12(14)7-11)9-16-6-2-5-15-8-13(16)17/h3-4,7,15H,2,5-6,8-9H2,1H3. The second kappa shape index (κ2) is 5.82. The van der Waals surface area contributed by atoms with Gasteiger partial charge in [-0.1, -0.05) is 6.07 Å². The van der Waals surface area contributed by atoms with E-state index in [0.717, 1.165) is 13.0 Å². The maximum atomic E-state index is 13.8. The molecule has 0 atom stereocenters. The van der Waals surface area contributed by atoms with Crippen molar-refractivity contribution in [2.75, 3.05) is 26.7 Å². The fraction of sp³-hybridized carbons (Fsp3) is 0.462. The number of hydrogen-bond donors (Lipinski definition) is 1. The largest absolute Gasteiger partial charge is 0.497 e. The maximum absolute atomic E-state index is 13.8. The third-order valence-corrected chi connectivity index (χ3v) is 3.03. The number of hydrogen-bond acceptors (Lipinski definition) is 3. The molecular weight excluding hydrogens is 235 g/mol. The minimum Gasteiger partial charge on any atom is -0.497 e. The molecule has 1 aromatic carbocycles. The van der Waals surface area contributed by atoms with E-state index in [0.29, 0.717) is 30.9 Å². The molecule has 0 radical (unpaired) electrons. The summed E-state index contributed by atoms with van der Waals surface area (Å²) in [5, 5.41) is 3.04. The fourth-order valence-electron chi connectivity index (χ4n) is 1.98. The van der Waals surface area contributed by atoms with Gasteiger partial charge in [0, 0.05) is 24.7 Å². The molecule has 0 aromatic heterocycles. The van der Waals surface area contributed by atoms with Gasteiger partial charge in [0.2, 0.25) is 5.91 Å². The van der Waals surface area contributed by atoms with Crippen molar-refractivity contribution in [2.45, 2.75) is 13.0 Å². The molecule has 0 saturated carbocycles. The lowest BCUT2D eigenvalue weighted by atomic mass is 10.2. The number of carbonyl (C=O) groups is 1. The minimum atomic E-state index is -0.334. The molecule has 1 aliphatic heterocycles. The summed E-state index contributed by atoms with van der Waals surface area (Å²) < 4.78 is 18.7. The van der Waals surface area contributed by atoms with E-state index < -0.39 is 0 Å². The summed E-state index contributed by atoms with van der Waals surface area (Å²) >= 11 is 0. The Labute approximate surface area is 106 Å². The molecule has 0 unspecified atom stereocenters. The highest BCUT2D eigenvalue weighted by atomic mass is 19.1. The Morgan fingerprint density at radius 1 is 1.50 bits per heavy atom. The van der Waals surface area contributed by atoms with E-state index in [1.54, 1.807) is 17.0 Å². The molecule has 1 saturated heterocycles. The van der Waals surface area contributed by atoms with Crippen molar-refractivity contribution in [3.63, 3.8) is 0 Å². The third-order valence-electron chi connectivity index (χ3n) is 3.03. The lowest BCUT2D eigenvalue weighted by Crippen LogP contribution is -2.34. The van der Waals surface area contributed by atoms with Gasteiger partial charge in [0.05, 0.1) is 13.7 Å². The highest BCUT2D eigenvalue weighted by Gasteiger charge is 2.17. The van der Waals surface area contributed by atoms with Crippen LogP contribution in [0.4, 0.5) is 4.39 Å². The minimum absolute atomic E-state index is 0.0164. The number of carbonyl (C=O) groups excluding carboxylic acids is 1. The van der Waals surface area contributed by atoms with Crippen LogP contribution in [0.2, 0.25) is 0 Å². The van der Waals surface area contributed by atoms with Crippen molar-refractivity contribution in [1.29, 1.82) is 0 Å². The van der Waals surface area contributed by atoms with Gasteiger partial charge in [-0.15, -0.1) is 0 Å². The molecular formula is C13H17FN2O2. The first-order valence-electron chi connectivity index (χ1n) is 6.01. The van der Waals surface area contributed by atoms with E-state index >= 15 is 0 Å². The average molecular weight is 252 g/mol. The first-order valence-corrected chi connectivity index (χ1v) is 6.01. The van der Waals surface area contributed by atoms with Crippen LogP contribution in [0.3, 0.4) is 0 Å². The van der Waals surface area contributed by atoms with Gasteiger partial charge in [0.25, 0.3) is 0 Å². The Kier molecular flexibility index (Phi) is 4.15. The van der Waals surface area contributed by atoms with E-state index in [-0.39, 0.29) is 11.7 Å². The zero-order chi connectivity index (χ0) is 13.0. The van der Waals surface area contributed by atoms with Crippen LogP contribution in [0.15, 0.2) is 18.2 Å². The Balaban J connectivity index is 2.10. The molecule has 1 aliphatic rings. The summed E-state index contributed by atoms with van der Waals surface area (Å²) in [5.41, 5.74) is 0.519. The number of rotatable bonds is 3. The van der Waals surface area contributed by atoms with Gasteiger partial charge < -0.3 is 15.0 Å². The summed E-state index contributed by atoms with van der Waals surface area (Å²) in [6.07, 6.45) is 0.892. The molecule has 1 aromatic rings. The summed E-state index contributed by atoms with van der Waals surface area (Å²) in [6, 6.07) is 4.72. The maximum Gasteiger partial charge on any atom is 0.236 e. The van der Waals surface area contributed by atoms with Crippen molar-refractivity contribution in [3.05, 3.63) is 29.6 Å². The highest BCUT2D eigenvalue weighted by molar-refractivity contribution is 5.78. The number of amides is 1. The monoisotopic (exact) mass is 252 g/mol. The summed E-state index contributed by atoms with van der Waals surface area (Å²) in [4.78, 5) is 13.5. The molecule has 1 fully saturated rings. The number of nitrogens with zero attached hydrogens (tertiary/aromatic N) is 1. The molecule has 0 aliphatic carbocycles. The second-order valence-electron chi connectivity index (χ2n) is 4.30. The number of nitrogens with one attached hydrogen (secondary N) is 1.